The molecular formula is C27H41N3O4. The van der Waals surface area contributed by atoms with E-state index in [1.165, 1.54) is 45.6 Å². The van der Waals surface area contributed by atoms with Crippen molar-refractivity contribution in [2.24, 2.45) is 10.8 Å². The van der Waals surface area contributed by atoms with Gasteiger partial charge in [-0.25, -0.2) is 4.79 Å². The van der Waals surface area contributed by atoms with Crippen LogP contribution in [0.5, 0.6) is 0 Å². The number of rotatable bonds is 4. The van der Waals surface area contributed by atoms with Gasteiger partial charge >= 0.3 is 6.03 Å². The maximum atomic E-state index is 13.6. The largest absolute Gasteiger partial charge is 0.333 e. The van der Waals surface area contributed by atoms with E-state index >= 15 is 0 Å². The summed E-state index contributed by atoms with van der Waals surface area (Å²) in [7, 11) is 1.42. The predicted molar refractivity (Wildman–Crippen MR) is 130 cm³/mol. The minimum Gasteiger partial charge on any atom is -0.307 e. The summed E-state index contributed by atoms with van der Waals surface area (Å²) in [6.45, 7) is 2.15. The molecule has 2 unspecified atom stereocenters. The van der Waals surface area contributed by atoms with Crippen molar-refractivity contribution in [2.45, 2.75) is 103 Å². The van der Waals surface area contributed by atoms with Gasteiger partial charge in [0.15, 0.2) is 5.78 Å². The summed E-state index contributed by atoms with van der Waals surface area (Å²) in [5.41, 5.74) is -0.437. The Morgan fingerprint density at radius 3 is 2.29 bits per heavy atom. The van der Waals surface area contributed by atoms with E-state index in [1.54, 1.807) is 6.92 Å². The molecule has 0 aromatic rings. The Labute approximate surface area is 203 Å². The zero-order chi connectivity index (χ0) is 24.3. The summed E-state index contributed by atoms with van der Waals surface area (Å²) in [6, 6.07) is -1.04. The number of nitrogens with one attached hydrogen (secondary N) is 1. The first-order chi connectivity index (χ1) is 16.3. The zero-order valence-corrected chi connectivity index (χ0v) is 21.0. The van der Waals surface area contributed by atoms with Gasteiger partial charge in [-0.1, -0.05) is 44.6 Å². The number of carbonyl (C=O) groups excluding carboxylic acids is 4. The number of Topliss-reactive ketones (excluding diaryl/α,β-unsaturated/α-hetero) is 1. The first-order valence-corrected chi connectivity index (χ1v) is 13.4. The number of urea groups is 1. The van der Waals surface area contributed by atoms with Crippen LogP contribution < -0.4 is 5.32 Å². The molecule has 0 aromatic carbocycles. The number of allylic oxidation sites excluding steroid dienone is 1. The van der Waals surface area contributed by atoms with Crippen LogP contribution in [0.25, 0.3) is 0 Å². The van der Waals surface area contributed by atoms with Crippen molar-refractivity contribution in [1.29, 1.82) is 0 Å². The van der Waals surface area contributed by atoms with E-state index in [2.05, 4.69) is 5.32 Å². The summed E-state index contributed by atoms with van der Waals surface area (Å²) in [4.78, 5) is 55.2. The van der Waals surface area contributed by atoms with E-state index in [9.17, 15) is 19.2 Å². The van der Waals surface area contributed by atoms with Gasteiger partial charge < -0.3 is 5.32 Å². The molecule has 1 saturated carbocycles. The third kappa shape index (κ3) is 4.73. The Kier molecular flexibility index (Phi) is 7.60. The van der Waals surface area contributed by atoms with Gasteiger partial charge in [-0.05, 0) is 75.8 Å². The first kappa shape index (κ1) is 25.1. The fourth-order valence-corrected chi connectivity index (χ4v) is 6.66. The number of ketones is 1. The van der Waals surface area contributed by atoms with Crippen LogP contribution in [0, 0.1) is 10.8 Å². The summed E-state index contributed by atoms with van der Waals surface area (Å²) in [5, 5.41) is 3.37. The van der Waals surface area contributed by atoms with Crippen molar-refractivity contribution in [1.82, 2.24) is 15.1 Å². The quantitative estimate of drug-likeness (QED) is 0.486. The smallest absolute Gasteiger partial charge is 0.307 e. The van der Waals surface area contributed by atoms with Crippen LogP contribution in [0.3, 0.4) is 0 Å². The molecule has 34 heavy (non-hydrogen) atoms. The summed E-state index contributed by atoms with van der Waals surface area (Å²) in [6.07, 6.45) is 17.2. The Bertz CT molecular complexity index is 856. The maximum absolute atomic E-state index is 13.6. The topological polar surface area (TPSA) is 86.8 Å². The Morgan fingerprint density at radius 1 is 0.971 bits per heavy atom. The van der Waals surface area contributed by atoms with Gasteiger partial charge in [0, 0.05) is 7.05 Å². The molecule has 4 aliphatic rings. The molecule has 188 valence electrons. The standard InChI is InChI=1S/C27H41N3O4/c1-26(20-12-8-7-9-13-20)23(32)29(2)25(34)30(24(26)33)19-22(31)21-18-27(16-17-28-21)14-10-5-3-4-6-11-15-27/h12,21,28H,3-11,13-19H2,1-2H3. The van der Waals surface area contributed by atoms with Crippen LogP contribution in [0.15, 0.2) is 11.6 Å². The van der Waals surface area contributed by atoms with Crippen LogP contribution in [0.4, 0.5) is 4.79 Å². The van der Waals surface area contributed by atoms with Gasteiger partial charge in [-0.15, -0.1) is 0 Å². The van der Waals surface area contributed by atoms with E-state index in [4.69, 9.17) is 0 Å². The molecule has 7 nitrogen and oxygen atoms in total. The molecular weight excluding hydrogens is 430 g/mol. The number of piperidine rings is 1. The molecule has 0 radical (unpaired) electrons. The van der Waals surface area contributed by atoms with E-state index in [0.717, 1.165) is 66.9 Å². The lowest BCUT2D eigenvalue weighted by atomic mass is 9.69. The fourth-order valence-electron chi connectivity index (χ4n) is 6.66. The van der Waals surface area contributed by atoms with Crippen molar-refractivity contribution in [2.75, 3.05) is 20.1 Å². The summed E-state index contributed by atoms with van der Waals surface area (Å²) >= 11 is 0. The number of barbiturate groups is 1. The third-order valence-electron chi connectivity index (χ3n) is 8.91. The van der Waals surface area contributed by atoms with Gasteiger partial charge in [0.05, 0.1) is 12.6 Å². The van der Waals surface area contributed by atoms with E-state index in [0.29, 0.717) is 6.42 Å². The molecule has 2 atom stereocenters. The van der Waals surface area contributed by atoms with Crippen LogP contribution in [0.1, 0.15) is 96.8 Å². The summed E-state index contributed by atoms with van der Waals surface area (Å²) < 4.78 is 0. The molecule has 0 bridgehead atoms. The highest BCUT2D eigenvalue weighted by Crippen LogP contribution is 2.43. The number of hydrogen-bond acceptors (Lipinski definition) is 5. The molecule has 2 aliphatic heterocycles. The van der Waals surface area contributed by atoms with Gasteiger partial charge in [-0.3, -0.25) is 24.2 Å². The average Bonchev–Trinajstić information content (AvgIpc) is 2.97. The second-order valence-electron chi connectivity index (χ2n) is 11.2. The molecule has 4 amide bonds. The fraction of sp³-hybridized carbons (Fsp3) is 0.778. The molecule has 3 fully saturated rings. The van der Waals surface area contributed by atoms with E-state index in [1.807, 2.05) is 6.08 Å². The van der Waals surface area contributed by atoms with Crippen molar-refractivity contribution < 1.29 is 19.2 Å². The molecule has 0 aromatic heterocycles. The van der Waals surface area contributed by atoms with Crippen molar-refractivity contribution in [3.05, 3.63) is 11.6 Å². The lowest BCUT2D eigenvalue weighted by Crippen LogP contribution is -2.65. The molecule has 2 aliphatic carbocycles. The Balaban J connectivity index is 1.50. The van der Waals surface area contributed by atoms with Gasteiger partial charge in [-0.2, -0.15) is 0 Å². The Hall–Kier alpha value is -2.02. The normalized spacial score (nSPS) is 31.1. The van der Waals surface area contributed by atoms with Crippen molar-refractivity contribution >= 4 is 23.6 Å². The van der Waals surface area contributed by atoms with Crippen LogP contribution in [0.2, 0.25) is 0 Å². The highest BCUT2D eigenvalue weighted by Gasteiger charge is 2.55. The molecule has 2 saturated heterocycles. The Morgan fingerprint density at radius 2 is 1.65 bits per heavy atom. The van der Waals surface area contributed by atoms with Gasteiger partial charge in [0.25, 0.3) is 5.91 Å². The number of carbonyl (C=O) groups is 4. The van der Waals surface area contributed by atoms with E-state index < -0.39 is 23.3 Å². The molecule has 2 heterocycles. The van der Waals surface area contributed by atoms with Crippen molar-refractivity contribution in [3.63, 3.8) is 0 Å². The van der Waals surface area contributed by atoms with E-state index in [-0.39, 0.29) is 23.8 Å². The second-order valence-corrected chi connectivity index (χ2v) is 11.2. The third-order valence-corrected chi connectivity index (χ3v) is 8.91. The van der Waals surface area contributed by atoms with Gasteiger partial charge in [0.1, 0.15) is 5.41 Å². The predicted octanol–water partition coefficient (Wildman–Crippen LogP) is 4.36. The number of hydrogen-bond donors (Lipinski definition) is 1. The second kappa shape index (κ2) is 10.3. The molecule has 1 spiro atoms. The van der Waals surface area contributed by atoms with Gasteiger partial charge in [0.2, 0.25) is 5.91 Å². The monoisotopic (exact) mass is 471 g/mol. The molecule has 4 rings (SSSR count). The van der Waals surface area contributed by atoms with Crippen LogP contribution in [-0.4, -0.2) is 59.6 Å². The average molecular weight is 472 g/mol. The SMILES string of the molecule is CN1C(=O)N(CC(=O)C2CC3(CCCCCCCC3)CCN2)C(=O)C(C)(C2=CCCCC2)C1=O. The number of imide groups is 2. The first-order valence-electron chi connectivity index (χ1n) is 13.4. The maximum Gasteiger partial charge on any atom is 0.333 e. The number of amides is 4. The highest BCUT2D eigenvalue weighted by atomic mass is 16.2. The lowest BCUT2D eigenvalue weighted by Gasteiger charge is -2.44. The number of nitrogens with zero attached hydrogens (tertiary/aromatic N) is 2. The molecule has 7 heteroatoms. The minimum absolute atomic E-state index is 0.122. The van der Waals surface area contributed by atoms with Crippen LogP contribution in [-0.2, 0) is 14.4 Å². The highest BCUT2D eigenvalue weighted by molar-refractivity contribution is 6.21. The lowest BCUT2D eigenvalue weighted by molar-refractivity contribution is -0.155. The van der Waals surface area contributed by atoms with Crippen LogP contribution >= 0.6 is 0 Å². The minimum atomic E-state index is -1.40. The zero-order valence-electron chi connectivity index (χ0n) is 21.0. The van der Waals surface area contributed by atoms with Crippen molar-refractivity contribution in [3.8, 4) is 0 Å². The summed E-state index contributed by atoms with van der Waals surface area (Å²) in [5.74, 6) is -1.15. The molecule has 1 N–H and O–H groups in total.